The van der Waals surface area contributed by atoms with Crippen molar-refractivity contribution in [1.82, 2.24) is 0 Å². The van der Waals surface area contributed by atoms with Crippen LogP contribution in [0.3, 0.4) is 0 Å². The summed E-state index contributed by atoms with van der Waals surface area (Å²) in [4.78, 5) is 0. The first-order valence-corrected chi connectivity index (χ1v) is 0. The number of hydrogen-bond donors (Lipinski definition) is 0. The van der Waals surface area contributed by atoms with Crippen LogP contribution < -0.4 is 0 Å². The van der Waals surface area contributed by atoms with E-state index in [1.54, 1.807) is 0 Å². The van der Waals surface area contributed by atoms with Gasteiger partial charge in [-0.1, -0.05) is 0 Å². The molecule has 0 rings (SSSR count). The van der Waals surface area contributed by atoms with Gasteiger partial charge in [0, 0.05) is 21.7 Å². The van der Waals surface area contributed by atoms with Gasteiger partial charge in [-0.25, -0.2) is 0 Å². The molecule has 0 radical (unpaired) electrons. The monoisotopic (exact) mass is 296 g/mol. The van der Waals surface area contributed by atoms with Crippen LogP contribution in [0.15, 0.2) is 0 Å². The van der Waals surface area contributed by atoms with Gasteiger partial charge in [-0.2, -0.15) is 0 Å². The Kier molecular flexibility index (Phi) is 100.0. The predicted molar refractivity (Wildman–Crippen MR) is 20.7 cm³/mol. The van der Waals surface area contributed by atoms with E-state index in [-0.39, 0.29) is 122 Å². The molecule has 0 bridgehead atoms. The van der Waals surface area contributed by atoms with Crippen molar-refractivity contribution in [2.45, 2.75) is 0 Å². The molecule has 0 aromatic carbocycles. The van der Waals surface area contributed by atoms with E-state index in [1.807, 2.05) is 0 Å². The summed E-state index contributed by atoms with van der Waals surface area (Å²) < 4.78 is 0. The molecule has 0 saturated heterocycles. The third kappa shape index (κ3) is 9.21. The summed E-state index contributed by atoms with van der Waals surface area (Å²) in [5.41, 5.74) is 0. The maximum absolute atomic E-state index is 0. The normalized spacial score (nSPS) is 0. The molecule has 0 aromatic heterocycles. The summed E-state index contributed by atoms with van der Waals surface area (Å²) in [7, 11) is 0. The summed E-state index contributed by atoms with van der Waals surface area (Å²) in [6.07, 6.45) is 0. The van der Waals surface area contributed by atoms with Crippen LogP contribution in [0.25, 0.3) is 0 Å². The van der Waals surface area contributed by atoms with E-state index in [1.165, 1.54) is 0 Å². The van der Waals surface area contributed by atoms with Gasteiger partial charge in [0.15, 0.2) is 0 Å². The molecule has 0 aliphatic heterocycles. The van der Waals surface area contributed by atoms with Gasteiger partial charge in [0.2, 0.25) is 0 Å². The van der Waals surface area contributed by atoms with Crippen LogP contribution in [0.4, 0.5) is 0 Å². The van der Waals surface area contributed by atoms with Crippen molar-refractivity contribution in [2.75, 3.05) is 0 Å². The maximum Gasteiger partial charge on any atom is 0 e. The standard InChI is InChI=1S/Ba.H2O.Sr.Ti.4H/h;1H2;;;;;;. The third-order valence-corrected chi connectivity index (χ3v) is 0. The molecule has 1 nitrogen and oxygen atoms in total. The minimum atomic E-state index is 0. The summed E-state index contributed by atoms with van der Waals surface area (Å²) in [6.45, 7) is 0. The molecule has 0 atom stereocenters. The average molecular weight is 295 g/mol. The van der Waals surface area contributed by atoms with Crippen LogP contribution >= 0.6 is 0 Å². The summed E-state index contributed by atoms with van der Waals surface area (Å²) >= 11 is 0. The molecular formula is H6BaOSrTi. The van der Waals surface area contributed by atoms with Gasteiger partial charge < -0.3 is 5.48 Å². The second kappa shape index (κ2) is 15.9. The van der Waals surface area contributed by atoms with E-state index in [2.05, 4.69) is 0 Å². The first kappa shape index (κ1) is 25.2. The molecule has 0 unspecified atom stereocenters. The maximum atomic E-state index is 0. The topological polar surface area (TPSA) is 31.5 Å². The fourth-order valence-electron chi connectivity index (χ4n) is 0. The Labute approximate surface area is 118 Å². The molecule has 0 fully saturated rings. The molecule has 0 saturated carbocycles. The molecule has 0 spiro atoms. The molecule has 0 aromatic rings. The minimum Gasteiger partial charge on any atom is 0 e. The Morgan fingerprint density at radius 3 is 1.00 bits per heavy atom. The zero-order valence-electron chi connectivity index (χ0n) is 1.00. The van der Waals surface area contributed by atoms with E-state index in [4.69, 9.17) is 0 Å². The Hall–Kier alpha value is 3.73. The first-order chi connectivity index (χ1) is 0. The van der Waals surface area contributed by atoms with Crippen molar-refractivity contribution >= 4 is 94.4 Å². The van der Waals surface area contributed by atoms with Gasteiger partial charge in [-0.05, 0) is 0 Å². The van der Waals surface area contributed by atoms with Crippen LogP contribution in [-0.2, 0) is 21.7 Å². The third-order valence-electron chi connectivity index (χ3n) is 0. The Morgan fingerprint density at radius 1 is 1.00 bits per heavy atom. The van der Waals surface area contributed by atoms with Crippen LogP contribution in [0, 0.1) is 0 Å². The van der Waals surface area contributed by atoms with E-state index >= 15 is 0 Å². The van der Waals surface area contributed by atoms with Gasteiger partial charge in [0.25, 0.3) is 0 Å². The van der Waals surface area contributed by atoms with Crippen molar-refractivity contribution in [3.8, 4) is 0 Å². The zero-order valence-corrected chi connectivity index (χ0v) is 2.56. The largest absolute Gasteiger partial charge is 0 e. The SMILES string of the molecule is O.[BaH2].[SrH2].[Ti]. The fourth-order valence-corrected chi connectivity index (χ4v) is 0. The Bertz CT molecular complexity index is 8.00. The second-order valence-corrected chi connectivity index (χ2v) is 0. The van der Waals surface area contributed by atoms with Crippen molar-refractivity contribution in [3.05, 3.63) is 0 Å². The van der Waals surface area contributed by atoms with Crippen LogP contribution in [0.1, 0.15) is 0 Å². The van der Waals surface area contributed by atoms with Crippen molar-refractivity contribution < 1.29 is 27.2 Å². The molecular weight excluding hydrogens is 289 g/mol. The minimum absolute atomic E-state index is 0. The summed E-state index contributed by atoms with van der Waals surface area (Å²) in [5.74, 6) is 0. The average Bonchev–Trinajstić information content (AvgIpc) is 0. The summed E-state index contributed by atoms with van der Waals surface area (Å²) in [5, 5.41) is 0. The van der Waals surface area contributed by atoms with Gasteiger partial charge in [0.1, 0.15) is 0 Å². The Balaban J connectivity index is 0. The van der Waals surface area contributed by atoms with Crippen molar-refractivity contribution in [1.29, 1.82) is 0 Å². The van der Waals surface area contributed by atoms with Gasteiger partial charge >= 0.3 is 94.4 Å². The zero-order chi connectivity index (χ0) is 0. The molecule has 20 valence electrons. The molecule has 4 heavy (non-hydrogen) atoms. The van der Waals surface area contributed by atoms with Gasteiger partial charge in [-0.3, -0.25) is 0 Å². The first-order valence-electron chi connectivity index (χ1n) is 0. The quantitative estimate of drug-likeness (QED) is 0.437. The number of rotatable bonds is 0. The van der Waals surface area contributed by atoms with E-state index in [0.717, 1.165) is 0 Å². The van der Waals surface area contributed by atoms with Crippen molar-refractivity contribution in [2.24, 2.45) is 0 Å². The molecule has 0 aliphatic carbocycles. The van der Waals surface area contributed by atoms with Crippen molar-refractivity contribution in [3.63, 3.8) is 0 Å². The van der Waals surface area contributed by atoms with E-state index in [9.17, 15) is 0 Å². The van der Waals surface area contributed by atoms with Crippen LogP contribution in [0.2, 0.25) is 0 Å². The van der Waals surface area contributed by atoms with Gasteiger partial charge in [-0.15, -0.1) is 0 Å². The second-order valence-electron chi connectivity index (χ2n) is 0. The molecule has 0 amide bonds. The molecule has 0 aliphatic rings. The smallest absolute Gasteiger partial charge is 0 e. The molecule has 0 heterocycles. The van der Waals surface area contributed by atoms with Crippen LogP contribution in [-0.4, -0.2) is 99.8 Å². The molecule has 2 N–H and O–H groups in total. The van der Waals surface area contributed by atoms with Gasteiger partial charge in [0.05, 0.1) is 0 Å². The van der Waals surface area contributed by atoms with E-state index in [0.29, 0.717) is 0 Å². The molecule has 4 heteroatoms. The number of hydrogen-bond acceptors (Lipinski definition) is 0. The van der Waals surface area contributed by atoms with E-state index < -0.39 is 0 Å². The fraction of sp³-hybridized carbons (Fsp3) is 0. The predicted octanol–water partition coefficient (Wildman–Crippen LogP) is -2.66. The van der Waals surface area contributed by atoms with Crippen LogP contribution in [0.5, 0.6) is 0 Å². The Morgan fingerprint density at radius 2 is 1.00 bits per heavy atom. The summed E-state index contributed by atoms with van der Waals surface area (Å²) in [6, 6.07) is 0.